The van der Waals surface area contributed by atoms with E-state index in [4.69, 9.17) is 25.3 Å². The van der Waals surface area contributed by atoms with Gasteiger partial charge in [-0.3, -0.25) is 9.48 Å². The summed E-state index contributed by atoms with van der Waals surface area (Å²) >= 11 is 0. The first kappa shape index (κ1) is 24.2. The third-order valence-electron chi connectivity index (χ3n) is 6.25. The number of fused-ring (bicyclic) bond motifs is 1. The fourth-order valence-corrected chi connectivity index (χ4v) is 4.67. The number of nitrogen functional groups attached to an aromatic ring is 1. The lowest BCUT2D eigenvalue weighted by molar-refractivity contribution is -0.114. The Kier molecular flexibility index (Phi) is 6.43. The summed E-state index contributed by atoms with van der Waals surface area (Å²) in [6.07, 6.45) is 4.07. The van der Waals surface area contributed by atoms with Crippen LogP contribution in [0.1, 0.15) is 30.2 Å². The van der Waals surface area contributed by atoms with Crippen LogP contribution in [0.3, 0.4) is 0 Å². The highest BCUT2D eigenvalue weighted by molar-refractivity contribution is 5.96. The molecule has 0 saturated heterocycles. The van der Waals surface area contributed by atoms with Crippen LogP contribution in [0, 0.1) is 5.82 Å². The molecule has 0 atom stereocenters. The predicted octanol–water partition coefficient (Wildman–Crippen LogP) is 3.64. The average molecular weight is 504 g/mol. The number of anilines is 2. The molecular weight excluding hydrogens is 477 g/mol. The summed E-state index contributed by atoms with van der Waals surface area (Å²) in [4.78, 5) is 25.5. The highest BCUT2D eigenvalue weighted by atomic mass is 19.1. The zero-order valence-electron chi connectivity index (χ0n) is 20.7. The zero-order chi connectivity index (χ0) is 26.1. The van der Waals surface area contributed by atoms with Gasteiger partial charge >= 0.3 is 0 Å². The van der Waals surface area contributed by atoms with Crippen LogP contribution in [0.2, 0.25) is 0 Å². The van der Waals surface area contributed by atoms with E-state index in [2.05, 4.69) is 15.3 Å². The maximum absolute atomic E-state index is 14.4. The van der Waals surface area contributed by atoms with Gasteiger partial charge in [0.25, 0.3) is 0 Å². The molecule has 190 valence electrons. The molecule has 1 aliphatic rings. The third kappa shape index (κ3) is 4.44. The van der Waals surface area contributed by atoms with Gasteiger partial charge in [-0.15, -0.1) is 0 Å². The van der Waals surface area contributed by atoms with Crippen LogP contribution in [0.15, 0.2) is 36.5 Å². The van der Waals surface area contributed by atoms with Crippen LogP contribution >= 0.6 is 0 Å². The fourth-order valence-electron chi connectivity index (χ4n) is 4.67. The summed E-state index contributed by atoms with van der Waals surface area (Å²) in [5.41, 5.74) is 10.6. The first-order valence-electron chi connectivity index (χ1n) is 11.8. The molecule has 0 fully saturated rings. The number of hydrogen-bond acceptors (Lipinski definition) is 8. The van der Waals surface area contributed by atoms with Gasteiger partial charge in [-0.25, -0.2) is 19.3 Å². The van der Waals surface area contributed by atoms with Crippen LogP contribution in [0.25, 0.3) is 22.8 Å². The van der Waals surface area contributed by atoms with Crippen molar-refractivity contribution in [1.82, 2.24) is 24.7 Å². The molecule has 1 aliphatic carbocycles. The van der Waals surface area contributed by atoms with Gasteiger partial charge in [-0.1, -0.05) is 18.2 Å². The summed E-state index contributed by atoms with van der Waals surface area (Å²) in [5.74, 6) is 0.261. The molecule has 11 heteroatoms. The second-order valence-corrected chi connectivity index (χ2v) is 8.61. The fraction of sp³-hybridized carbons (Fsp3) is 0.269. The second-order valence-electron chi connectivity index (χ2n) is 8.61. The number of pyridine rings is 1. The van der Waals surface area contributed by atoms with Crippen molar-refractivity contribution in [2.24, 2.45) is 0 Å². The lowest BCUT2D eigenvalue weighted by atomic mass is 10.1. The van der Waals surface area contributed by atoms with Crippen molar-refractivity contribution in [3.05, 3.63) is 59.2 Å². The normalized spacial score (nSPS) is 12.3. The van der Waals surface area contributed by atoms with E-state index in [0.717, 1.165) is 30.5 Å². The first-order valence-corrected chi connectivity index (χ1v) is 11.8. The van der Waals surface area contributed by atoms with E-state index in [0.29, 0.717) is 34.0 Å². The van der Waals surface area contributed by atoms with Crippen LogP contribution in [-0.2, 0) is 24.2 Å². The van der Waals surface area contributed by atoms with E-state index >= 15 is 0 Å². The maximum atomic E-state index is 14.4. The lowest BCUT2D eigenvalue weighted by Gasteiger charge is -2.16. The molecule has 3 N–H and O–H groups in total. The molecule has 1 aromatic carbocycles. The van der Waals surface area contributed by atoms with Crippen molar-refractivity contribution in [1.29, 1.82) is 0 Å². The van der Waals surface area contributed by atoms with Crippen molar-refractivity contribution in [2.75, 3.05) is 25.3 Å². The number of rotatable bonds is 7. The van der Waals surface area contributed by atoms with Crippen molar-refractivity contribution in [3.63, 3.8) is 0 Å². The molecule has 37 heavy (non-hydrogen) atoms. The van der Waals surface area contributed by atoms with Crippen LogP contribution in [0.5, 0.6) is 11.6 Å². The lowest BCUT2D eigenvalue weighted by Crippen LogP contribution is -2.10. The Balaban J connectivity index is 1.68. The summed E-state index contributed by atoms with van der Waals surface area (Å²) in [6.45, 7) is 1.69. The Bertz CT molecular complexity index is 1500. The Morgan fingerprint density at radius 3 is 2.68 bits per heavy atom. The van der Waals surface area contributed by atoms with E-state index in [1.54, 1.807) is 24.3 Å². The molecule has 3 heterocycles. The van der Waals surface area contributed by atoms with Gasteiger partial charge in [0.2, 0.25) is 11.8 Å². The Morgan fingerprint density at radius 2 is 1.95 bits per heavy atom. The summed E-state index contributed by atoms with van der Waals surface area (Å²) in [6, 6.07) is 8.28. The number of carbonyl (C=O) groups excluding carboxylic acids is 1. The van der Waals surface area contributed by atoms with Gasteiger partial charge in [-0.2, -0.15) is 5.10 Å². The van der Waals surface area contributed by atoms with Crippen LogP contribution in [-0.4, -0.2) is 44.9 Å². The summed E-state index contributed by atoms with van der Waals surface area (Å²) in [7, 11) is 2.93. The Labute approximate surface area is 212 Å². The van der Waals surface area contributed by atoms with Crippen LogP contribution < -0.4 is 20.5 Å². The number of hydrogen-bond donors (Lipinski definition) is 2. The molecule has 0 saturated carbocycles. The van der Waals surface area contributed by atoms with Gasteiger partial charge in [0.1, 0.15) is 17.2 Å². The van der Waals surface area contributed by atoms with Gasteiger partial charge < -0.3 is 20.5 Å². The molecule has 0 bridgehead atoms. The molecular formula is C26H26FN7O3. The minimum atomic E-state index is -0.285. The molecule has 10 nitrogen and oxygen atoms in total. The topological polar surface area (TPSA) is 130 Å². The summed E-state index contributed by atoms with van der Waals surface area (Å²) in [5, 5.41) is 7.58. The maximum Gasteiger partial charge on any atom is 0.224 e. The molecule has 0 spiro atoms. The van der Waals surface area contributed by atoms with Gasteiger partial charge in [0.05, 0.1) is 32.0 Å². The first-order chi connectivity index (χ1) is 17.9. The van der Waals surface area contributed by atoms with Crippen molar-refractivity contribution < 1.29 is 18.7 Å². The quantitative estimate of drug-likeness (QED) is 0.391. The number of methoxy groups -OCH3 is 2. The predicted molar refractivity (Wildman–Crippen MR) is 136 cm³/mol. The summed E-state index contributed by atoms with van der Waals surface area (Å²) < 4.78 is 27.2. The number of nitrogens with two attached hydrogens (primary N) is 1. The minimum Gasteiger partial charge on any atom is -0.491 e. The SMILES string of the molecule is COc1nccc(NC(C)=O)c1-c1nc(-c2nn(Cc3ccccc3F)c3c2CCC3)nc(N)c1OC. The standard InChI is InChI=1S/C26H26FN7O3/c1-14(35)30-18-11-12-29-26(37-3)20(18)22-23(36-2)24(28)32-25(31-22)21-16-8-6-10-19(16)34(33-21)13-15-7-4-5-9-17(15)27/h4-5,7,9,11-12H,6,8,10,13H2,1-3H3,(H2,28,31,32)(H,29,30,35). The van der Waals surface area contributed by atoms with Crippen molar-refractivity contribution >= 4 is 17.4 Å². The van der Waals surface area contributed by atoms with E-state index in [1.165, 1.54) is 33.4 Å². The highest BCUT2D eigenvalue weighted by Crippen LogP contribution is 2.43. The number of aromatic nitrogens is 5. The molecule has 4 aromatic rings. The van der Waals surface area contributed by atoms with E-state index < -0.39 is 0 Å². The van der Waals surface area contributed by atoms with Gasteiger partial charge in [-0.05, 0) is 31.4 Å². The number of nitrogens with one attached hydrogen (secondary N) is 1. The molecule has 3 aromatic heterocycles. The smallest absolute Gasteiger partial charge is 0.224 e. The van der Waals surface area contributed by atoms with E-state index in [1.807, 2.05) is 4.68 Å². The largest absolute Gasteiger partial charge is 0.491 e. The van der Waals surface area contributed by atoms with E-state index in [9.17, 15) is 9.18 Å². The number of carbonyl (C=O) groups is 1. The molecule has 1 amide bonds. The number of amides is 1. The number of benzene rings is 1. The molecule has 0 unspecified atom stereocenters. The second kappa shape index (κ2) is 9.84. The van der Waals surface area contributed by atoms with Gasteiger partial charge in [0.15, 0.2) is 17.4 Å². The van der Waals surface area contributed by atoms with E-state index in [-0.39, 0.29) is 35.7 Å². The van der Waals surface area contributed by atoms with Gasteiger partial charge in [0, 0.05) is 29.9 Å². The Morgan fingerprint density at radius 1 is 1.14 bits per heavy atom. The average Bonchev–Trinajstić information content (AvgIpc) is 3.48. The molecule has 0 aliphatic heterocycles. The number of ether oxygens (including phenoxy) is 2. The third-order valence-corrected chi connectivity index (χ3v) is 6.25. The van der Waals surface area contributed by atoms with Crippen LogP contribution in [0.4, 0.5) is 15.9 Å². The minimum absolute atomic E-state index is 0.0950. The number of halogens is 1. The Hall–Kier alpha value is -4.54. The zero-order valence-corrected chi connectivity index (χ0v) is 20.7. The highest BCUT2D eigenvalue weighted by Gasteiger charge is 2.28. The van der Waals surface area contributed by atoms with Crippen molar-refractivity contribution in [3.8, 4) is 34.4 Å². The monoisotopic (exact) mass is 503 g/mol. The van der Waals surface area contributed by atoms with Crippen molar-refractivity contribution in [2.45, 2.75) is 32.7 Å². The number of nitrogens with zero attached hydrogens (tertiary/aromatic N) is 5. The molecule has 0 radical (unpaired) electrons. The molecule has 5 rings (SSSR count).